The Kier molecular flexibility index (Phi) is 6.32. The van der Waals surface area contributed by atoms with Crippen LogP contribution in [0.5, 0.6) is 0 Å². The Morgan fingerprint density at radius 3 is 2.33 bits per heavy atom. The van der Waals surface area contributed by atoms with Crippen molar-refractivity contribution in [3.05, 3.63) is 81.3 Å². The van der Waals surface area contributed by atoms with Gasteiger partial charge in [0.05, 0.1) is 23.2 Å². The number of carbonyl (C=O) groups excluding carboxylic acids is 4. The van der Waals surface area contributed by atoms with Gasteiger partial charge in [-0.15, -0.1) is 11.3 Å². The van der Waals surface area contributed by atoms with Gasteiger partial charge in [-0.05, 0) is 38.1 Å². The summed E-state index contributed by atoms with van der Waals surface area (Å²) in [7, 11) is 0. The molecule has 0 fully saturated rings. The standard InChI is InChI=1S/C24H21N3O5S/c1-14-7-9-16(10-8-14)25-20(28)11-21-26-17(13-33-21)12-32-24(31)15(2)27-22(29)18-5-3-4-6-19(18)23(27)30/h3-10,13,15H,11-12H2,1-2H3,(H,25,28)/t15-/m0/s1. The number of carbonyl (C=O) groups is 4. The predicted octanol–water partition coefficient (Wildman–Crippen LogP) is 3.36. The minimum Gasteiger partial charge on any atom is -0.458 e. The first-order valence-electron chi connectivity index (χ1n) is 10.3. The van der Waals surface area contributed by atoms with Gasteiger partial charge in [-0.1, -0.05) is 29.8 Å². The van der Waals surface area contributed by atoms with E-state index in [0.717, 1.165) is 10.5 Å². The number of aryl methyl sites for hydroxylation is 1. The fourth-order valence-electron chi connectivity index (χ4n) is 3.41. The van der Waals surface area contributed by atoms with Crippen LogP contribution in [-0.4, -0.2) is 39.6 Å². The maximum absolute atomic E-state index is 12.5. The van der Waals surface area contributed by atoms with Crippen molar-refractivity contribution >= 4 is 40.7 Å². The zero-order valence-electron chi connectivity index (χ0n) is 18.0. The zero-order chi connectivity index (χ0) is 23.5. The number of benzene rings is 2. The molecule has 0 radical (unpaired) electrons. The van der Waals surface area contributed by atoms with Crippen molar-refractivity contribution in [2.45, 2.75) is 32.9 Å². The minimum atomic E-state index is -1.07. The molecule has 0 aliphatic carbocycles. The summed E-state index contributed by atoms with van der Waals surface area (Å²) in [6.07, 6.45) is 0.0952. The molecule has 4 rings (SSSR count). The van der Waals surface area contributed by atoms with Crippen molar-refractivity contribution in [3.8, 4) is 0 Å². The Labute approximate surface area is 194 Å². The molecule has 1 aliphatic heterocycles. The second-order valence-corrected chi connectivity index (χ2v) is 8.58. The Hall–Kier alpha value is -3.85. The van der Waals surface area contributed by atoms with E-state index in [1.165, 1.54) is 18.3 Å². The van der Waals surface area contributed by atoms with E-state index in [1.54, 1.807) is 29.6 Å². The van der Waals surface area contributed by atoms with Crippen LogP contribution in [0.25, 0.3) is 0 Å². The number of esters is 1. The number of nitrogens with zero attached hydrogens (tertiary/aromatic N) is 2. The van der Waals surface area contributed by atoms with Crippen molar-refractivity contribution in [2.24, 2.45) is 0 Å². The molecule has 3 aromatic rings. The lowest BCUT2D eigenvalue weighted by atomic mass is 10.1. The fraction of sp³-hybridized carbons (Fsp3) is 0.208. The van der Waals surface area contributed by atoms with Gasteiger partial charge in [0.1, 0.15) is 17.7 Å². The number of aromatic nitrogens is 1. The van der Waals surface area contributed by atoms with Crippen molar-refractivity contribution in [3.63, 3.8) is 0 Å². The molecule has 9 heteroatoms. The zero-order valence-corrected chi connectivity index (χ0v) is 18.8. The third-order valence-electron chi connectivity index (χ3n) is 5.16. The van der Waals surface area contributed by atoms with E-state index >= 15 is 0 Å². The Balaban J connectivity index is 1.30. The van der Waals surface area contributed by atoms with Crippen molar-refractivity contribution in [2.75, 3.05) is 5.32 Å². The highest BCUT2D eigenvalue weighted by Crippen LogP contribution is 2.25. The molecule has 33 heavy (non-hydrogen) atoms. The summed E-state index contributed by atoms with van der Waals surface area (Å²) in [5.41, 5.74) is 2.84. The van der Waals surface area contributed by atoms with E-state index in [4.69, 9.17) is 4.74 Å². The minimum absolute atomic E-state index is 0.0952. The molecular weight excluding hydrogens is 442 g/mol. The van der Waals surface area contributed by atoms with Crippen molar-refractivity contribution in [1.82, 2.24) is 9.88 Å². The molecule has 0 saturated heterocycles. The lowest BCUT2D eigenvalue weighted by Gasteiger charge is -2.20. The molecule has 0 spiro atoms. The maximum Gasteiger partial charge on any atom is 0.329 e. The molecular formula is C24H21N3O5S. The molecule has 0 bridgehead atoms. The molecule has 2 aromatic carbocycles. The van der Waals surface area contributed by atoms with Gasteiger partial charge in [0.25, 0.3) is 11.8 Å². The highest BCUT2D eigenvalue weighted by atomic mass is 32.1. The van der Waals surface area contributed by atoms with Crippen LogP contribution < -0.4 is 5.32 Å². The Morgan fingerprint density at radius 2 is 1.70 bits per heavy atom. The van der Waals surface area contributed by atoms with E-state index in [2.05, 4.69) is 10.3 Å². The SMILES string of the molecule is Cc1ccc(NC(=O)Cc2nc(COC(=O)[C@H](C)N3C(=O)c4ccccc4C3=O)cs2)cc1. The maximum atomic E-state index is 12.5. The first-order chi connectivity index (χ1) is 15.8. The van der Waals surface area contributed by atoms with Gasteiger partial charge in [-0.3, -0.25) is 19.3 Å². The van der Waals surface area contributed by atoms with Gasteiger partial charge in [-0.25, -0.2) is 9.78 Å². The second-order valence-electron chi connectivity index (χ2n) is 7.63. The fourth-order valence-corrected chi connectivity index (χ4v) is 4.18. The van der Waals surface area contributed by atoms with Crippen LogP contribution in [0.3, 0.4) is 0 Å². The Morgan fingerprint density at radius 1 is 1.06 bits per heavy atom. The van der Waals surface area contributed by atoms with Crippen LogP contribution >= 0.6 is 11.3 Å². The third-order valence-corrected chi connectivity index (χ3v) is 6.06. The van der Waals surface area contributed by atoms with E-state index in [1.807, 2.05) is 31.2 Å². The predicted molar refractivity (Wildman–Crippen MR) is 122 cm³/mol. The number of nitrogens with one attached hydrogen (secondary N) is 1. The lowest BCUT2D eigenvalue weighted by Crippen LogP contribution is -2.43. The number of thiazole rings is 1. The monoisotopic (exact) mass is 463 g/mol. The van der Waals surface area contributed by atoms with Gasteiger partial charge >= 0.3 is 5.97 Å². The number of ether oxygens (including phenoxy) is 1. The summed E-state index contributed by atoms with van der Waals surface area (Å²) in [6.45, 7) is 3.30. The van der Waals surface area contributed by atoms with Crippen LogP contribution in [0.4, 0.5) is 5.69 Å². The summed E-state index contributed by atoms with van der Waals surface area (Å²) in [4.78, 5) is 55.0. The molecule has 168 valence electrons. The highest BCUT2D eigenvalue weighted by Gasteiger charge is 2.41. The molecule has 0 saturated carbocycles. The quantitative estimate of drug-likeness (QED) is 0.425. The van der Waals surface area contributed by atoms with Gasteiger partial charge < -0.3 is 10.1 Å². The van der Waals surface area contributed by atoms with E-state index in [9.17, 15) is 19.2 Å². The average molecular weight is 464 g/mol. The summed E-state index contributed by atoms with van der Waals surface area (Å²) < 4.78 is 5.28. The Bertz CT molecular complexity index is 1200. The van der Waals surface area contributed by atoms with Crippen molar-refractivity contribution < 1.29 is 23.9 Å². The molecule has 1 atom stereocenters. The number of rotatable bonds is 7. The second kappa shape index (κ2) is 9.33. The number of hydrogen-bond acceptors (Lipinski definition) is 7. The van der Waals surface area contributed by atoms with Crippen LogP contribution in [-0.2, 0) is 27.4 Å². The van der Waals surface area contributed by atoms with Crippen LogP contribution in [0.1, 0.15) is 43.9 Å². The molecule has 2 heterocycles. The topological polar surface area (TPSA) is 106 Å². The number of imide groups is 1. The van der Waals surface area contributed by atoms with E-state index in [0.29, 0.717) is 16.4 Å². The number of hydrogen-bond donors (Lipinski definition) is 1. The van der Waals surface area contributed by atoms with Gasteiger partial charge in [0, 0.05) is 11.1 Å². The molecule has 0 unspecified atom stereocenters. The van der Waals surface area contributed by atoms with Gasteiger partial charge in [0.15, 0.2) is 0 Å². The summed E-state index contributed by atoms with van der Waals surface area (Å²) in [5.74, 6) is -1.95. The van der Waals surface area contributed by atoms with E-state index < -0.39 is 23.8 Å². The highest BCUT2D eigenvalue weighted by molar-refractivity contribution is 7.09. The summed E-state index contributed by atoms with van der Waals surface area (Å²) in [5, 5.41) is 5.10. The number of fused-ring (bicyclic) bond motifs is 1. The van der Waals surface area contributed by atoms with E-state index in [-0.39, 0.29) is 30.1 Å². The first kappa shape index (κ1) is 22.3. The molecule has 1 aromatic heterocycles. The normalized spacial score (nSPS) is 13.6. The number of anilines is 1. The lowest BCUT2D eigenvalue weighted by molar-refractivity contribution is -0.149. The third kappa shape index (κ3) is 4.83. The molecule has 1 N–H and O–H groups in total. The van der Waals surface area contributed by atoms with Gasteiger partial charge in [0.2, 0.25) is 5.91 Å². The number of amides is 3. The van der Waals surface area contributed by atoms with Gasteiger partial charge in [-0.2, -0.15) is 0 Å². The first-order valence-corrected chi connectivity index (χ1v) is 11.1. The average Bonchev–Trinajstić information content (AvgIpc) is 3.35. The summed E-state index contributed by atoms with van der Waals surface area (Å²) in [6, 6.07) is 12.8. The largest absolute Gasteiger partial charge is 0.458 e. The van der Waals surface area contributed by atoms with Crippen LogP contribution in [0, 0.1) is 6.92 Å². The van der Waals surface area contributed by atoms with Crippen LogP contribution in [0.15, 0.2) is 53.9 Å². The van der Waals surface area contributed by atoms with Crippen molar-refractivity contribution in [1.29, 1.82) is 0 Å². The molecule has 1 aliphatic rings. The van der Waals surface area contributed by atoms with Crippen LogP contribution in [0.2, 0.25) is 0 Å². The summed E-state index contributed by atoms with van der Waals surface area (Å²) >= 11 is 1.29. The molecule has 8 nitrogen and oxygen atoms in total. The smallest absolute Gasteiger partial charge is 0.329 e. The molecule has 3 amide bonds.